The summed E-state index contributed by atoms with van der Waals surface area (Å²) in [7, 11) is -3.65. The molecule has 0 aliphatic heterocycles. The van der Waals surface area contributed by atoms with Gasteiger partial charge in [0.15, 0.2) is 9.84 Å². The van der Waals surface area contributed by atoms with E-state index in [1.165, 1.54) is 12.1 Å². The van der Waals surface area contributed by atoms with E-state index in [2.05, 4.69) is 4.98 Å². The van der Waals surface area contributed by atoms with Crippen LogP contribution in [0.4, 0.5) is 4.39 Å². The zero-order chi connectivity index (χ0) is 18.9. The maximum Gasteiger partial charge on any atom is 0.303 e. The summed E-state index contributed by atoms with van der Waals surface area (Å²) in [6.07, 6.45) is 2.92. The summed E-state index contributed by atoms with van der Waals surface area (Å²) in [4.78, 5) is 15.1. The predicted molar refractivity (Wildman–Crippen MR) is 96.2 cm³/mol. The molecule has 0 radical (unpaired) electrons. The fourth-order valence-corrected chi connectivity index (χ4v) is 3.84. The average molecular weight is 373 g/mol. The molecule has 5 nitrogen and oxygen atoms in total. The molecule has 7 heteroatoms. The van der Waals surface area contributed by atoms with Gasteiger partial charge in [0.1, 0.15) is 5.82 Å². The summed E-state index contributed by atoms with van der Waals surface area (Å²) in [6, 6.07) is 10.6. The molecule has 1 N–H and O–H groups in total. The number of sulfone groups is 1. The first-order chi connectivity index (χ1) is 12.3. The lowest BCUT2D eigenvalue weighted by Crippen LogP contribution is -2.02. The summed E-state index contributed by atoms with van der Waals surface area (Å²) >= 11 is 0. The van der Waals surface area contributed by atoms with Crippen LogP contribution in [0.25, 0.3) is 22.0 Å². The van der Waals surface area contributed by atoms with Crippen LogP contribution in [-0.4, -0.2) is 30.7 Å². The third kappa shape index (κ3) is 3.57. The Labute approximate surface area is 150 Å². The van der Waals surface area contributed by atoms with E-state index in [0.717, 1.165) is 23.3 Å². The van der Waals surface area contributed by atoms with E-state index in [9.17, 15) is 17.6 Å². The number of fused-ring (bicyclic) bond motifs is 1. The third-order valence-electron chi connectivity index (χ3n) is 4.10. The average Bonchev–Trinajstić information content (AvgIpc) is 2.59. The molecule has 0 fully saturated rings. The van der Waals surface area contributed by atoms with Crippen LogP contribution >= 0.6 is 0 Å². The Kier molecular flexibility index (Phi) is 4.73. The van der Waals surface area contributed by atoms with E-state index >= 15 is 0 Å². The van der Waals surface area contributed by atoms with Gasteiger partial charge < -0.3 is 5.11 Å². The predicted octanol–water partition coefficient (Wildman–Crippen LogP) is 3.46. The maximum absolute atomic E-state index is 13.6. The van der Waals surface area contributed by atoms with E-state index in [1.807, 2.05) is 6.07 Å². The van der Waals surface area contributed by atoms with E-state index in [1.54, 1.807) is 24.4 Å². The number of halogens is 1. The highest BCUT2D eigenvalue weighted by atomic mass is 32.2. The Morgan fingerprint density at radius 3 is 2.58 bits per heavy atom. The Morgan fingerprint density at radius 1 is 1.15 bits per heavy atom. The molecular weight excluding hydrogens is 357 g/mol. The molecule has 0 unspecified atom stereocenters. The molecular formula is C19H16FNO4S. The van der Waals surface area contributed by atoms with E-state index < -0.39 is 21.6 Å². The van der Waals surface area contributed by atoms with Gasteiger partial charge in [0, 0.05) is 35.4 Å². The largest absolute Gasteiger partial charge is 0.481 e. The standard InChI is InChI=1S/C19H16FNO4S/c1-26(24,25)17-11-13(20)6-8-15(17)16-7-4-12(5-9-18(22)23)14-3-2-10-21-19(14)16/h2-4,6-8,10-11H,5,9H2,1H3,(H,22,23). The zero-order valence-corrected chi connectivity index (χ0v) is 14.8. The van der Waals surface area contributed by atoms with Crippen molar-refractivity contribution >= 4 is 26.7 Å². The Bertz CT molecular complexity index is 1110. The third-order valence-corrected chi connectivity index (χ3v) is 5.24. The summed E-state index contributed by atoms with van der Waals surface area (Å²) in [6.45, 7) is 0. The van der Waals surface area contributed by atoms with E-state index in [4.69, 9.17) is 5.11 Å². The van der Waals surface area contributed by atoms with Gasteiger partial charge in [-0.1, -0.05) is 24.3 Å². The summed E-state index contributed by atoms with van der Waals surface area (Å²) in [5.41, 5.74) is 2.27. The van der Waals surface area contributed by atoms with Crippen molar-refractivity contribution in [3.63, 3.8) is 0 Å². The fourth-order valence-electron chi connectivity index (χ4n) is 2.93. The molecule has 3 aromatic rings. The first-order valence-corrected chi connectivity index (χ1v) is 9.75. The fraction of sp³-hybridized carbons (Fsp3) is 0.158. The van der Waals surface area contributed by atoms with Gasteiger partial charge in [-0.3, -0.25) is 9.78 Å². The van der Waals surface area contributed by atoms with E-state index in [0.29, 0.717) is 23.1 Å². The van der Waals surface area contributed by atoms with Crippen LogP contribution < -0.4 is 0 Å². The van der Waals surface area contributed by atoms with Gasteiger partial charge in [0.05, 0.1) is 10.4 Å². The Hall–Kier alpha value is -2.80. The van der Waals surface area contributed by atoms with E-state index in [-0.39, 0.29) is 11.3 Å². The lowest BCUT2D eigenvalue weighted by molar-refractivity contribution is -0.136. The second kappa shape index (κ2) is 6.84. The zero-order valence-electron chi connectivity index (χ0n) is 13.9. The van der Waals surface area contributed by atoms with Crippen LogP contribution in [0.2, 0.25) is 0 Å². The summed E-state index contributed by atoms with van der Waals surface area (Å²) in [5, 5.41) is 9.66. The normalized spacial score (nSPS) is 11.6. The lowest BCUT2D eigenvalue weighted by atomic mass is 9.96. The number of aliphatic carboxylic acids is 1. The molecule has 1 heterocycles. The van der Waals surface area contributed by atoms with Crippen molar-refractivity contribution in [2.24, 2.45) is 0 Å². The van der Waals surface area contributed by atoms with Gasteiger partial charge in [-0.05, 0) is 30.2 Å². The molecule has 0 bridgehead atoms. The molecule has 0 amide bonds. The number of rotatable bonds is 5. The number of carbonyl (C=O) groups is 1. The number of benzene rings is 2. The molecule has 0 saturated carbocycles. The molecule has 134 valence electrons. The van der Waals surface area contributed by atoms with Crippen molar-refractivity contribution < 1.29 is 22.7 Å². The SMILES string of the molecule is CS(=O)(=O)c1cc(F)ccc1-c1ccc(CCC(=O)O)c2cccnc12. The van der Waals surface area contributed by atoms with Gasteiger partial charge in [0.25, 0.3) is 0 Å². The molecule has 26 heavy (non-hydrogen) atoms. The molecule has 3 rings (SSSR count). The van der Waals surface area contributed by atoms with Crippen molar-refractivity contribution in [3.8, 4) is 11.1 Å². The number of nitrogens with zero attached hydrogens (tertiary/aromatic N) is 1. The minimum Gasteiger partial charge on any atom is -0.481 e. The van der Waals surface area contributed by atoms with Crippen LogP contribution in [0.3, 0.4) is 0 Å². The highest BCUT2D eigenvalue weighted by Gasteiger charge is 2.19. The van der Waals surface area contributed by atoms with Gasteiger partial charge in [-0.2, -0.15) is 0 Å². The second-order valence-electron chi connectivity index (χ2n) is 5.98. The van der Waals surface area contributed by atoms with Crippen molar-refractivity contribution in [2.45, 2.75) is 17.7 Å². The Morgan fingerprint density at radius 2 is 1.88 bits per heavy atom. The molecule has 0 saturated heterocycles. The van der Waals surface area contributed by atoms with Crippen LogP contribution in [0.15, 0.2) is 53.6 Å². The summed E-state index contributed by atoms with van der Waals surface area (Å²) in [5.74, 6) is -1.53. The van der Waals surface area contributed by atoms with Crippen molar-refractivity contribution in [1.82, 2.24) is 4.98 Å². The van der Waals surface area contributed by atoms with Crippen LogP contribution in [0.5, 0.6) is 0 Å². The second-order valence-corrected chi connectivity index (χ2v) is 7.96. The quantitative estimate of drug-likeness (QED) is 0.740. The number of pyridine rings is 1. The number of hydrogen-bond donors (Lipinski definition) is 1. The number of aryl methyl sites for hydroxylation is 1. The monoisotopic (exact) mass is 373 g/mol. The van der Waals surface area contributed by atoms with Crippen LogP contribution in [-0.2, 0) is 21.1 Å². The van der Waals surface area contributed by atoms with Gasteiger partial charge in [-0.25, -0.2) is 12.8 Å². The molecule has 0 aliphatic carbocycles. The number of hydrogen-bond acceptors (Lipinski definition) is 4. The van der Waals surface area contributed by atoms with Crippen molar-refractivity contribution in [3.05, 3.63) is 60.0 Å². The number of carboxylic acid groups (broad SMARTS) is 1. The topological polar surface area (TPSA) is 84.3 Å². The smallest absolute Gasteiger partial charge is 0.303 e. The maximum atomic E-state index is 13.6. The Balaban J connectivity index is 2.25. The lowest BCUT2D eigenvalue weighted by Gasteiger charge is -2.13. The number of carboxylic acids is 1. The van der Waals surface area contributed by atoms with Crippen LogP contribution in [0, 0.1) is 5.82 Å². The summed E-state index contributed by atoms with van der Waals surface area (Å²) < 4.78 is 37.8. The minimum atomic E-state index is -3.65. The molecule has 2 aromatic carbocycles. The first kappa shape index (κ1) is 18.0. The molecule has 0 spiro atoms. The highest BCUT2D eigenvalue weighted by molar-refractivity contribution is 7.90. The molecule has 0 aliphatic rings. The number of aromatic nitrogens is 1. The first-order valence-electron chi connectivity index (χ1n) is 7.86. The van der Waals surface area contributed by atoms with Gasteiger partial charge in [0.2, 0.25) is 0 Å². The van der Waals surface area contributed by atoms with Crippen LogP contribution in [0.1, 0.15) is 12.0 Å². The van der Waals surface area contributed by atoms with Gasteiger partial charge in [-0.15, -0.1) is 0 Å². The van der Waals surface area contributed by atoms with Crippen molar-refractivity contribution in [2.75, 3.05) is 6.26 Å². The van der Waals surface area contributed by atoms with Crippen molar-refractivity contribution in [1.29, 1.82) is 0 Å². The highest BCUT2D eigenvalue weighted by Crippen LogP contribution is 2.34. The molecule has 0 atom stereocenters. The minimum absolute atomic E-state index is 0.0194. The van der Waals surface area contributed by atoms with Gasteiger partial charge >= 0.3 is 5.97 Å². The molecule has 1 aromatic heterocycles.